The first kappa shape index (κ1) is 18.5. The maximum absolute atomic E-state index is 12.6. The molecule has 1 aliphatic heterocycles. The number of hydrogen-bond donors (Lipinski definition) is 1. The third kappa shape index (κ3) is 3.48. The van der Waals surface area contributed by atoms with Crippen molar-refractivity contribution in [2.45, 2.75) is 19.0 Å². The van der Waals surface area contributed by atoms with Crippen LogP contribution in [0.15, 0.2) is 30.7 Å². The second-order valence-corrected chi connectivity index (χ2v) is 7.18. The molecule has 1 unspecified atom stereocenters. The number of pyridine rings is 2. The molecule has 1 atom stereocenters. The van der Waals surface area contributed by atoms with Crippen molar-refractivity contribution in [2.24, 2.45) is 5.92 Å². The molecule has 0 aliphatic carbocycles. The number of halogens is 3. The van der Waals surface area contributed by atoms with Crippen LogP contribution in [0.3, 0.4) is 0 Å². The molecule has 0 bridgehead atoms. The van der Waals surface area contributed by atoms with Crippen LogP contribution in [0.5, 0.6) is 0 Å². The minimum Gasteiger partial charge on any atom is -0.370 e. The molecule has 0 radical (unpaired) electrons. The molecule has 4 rings (SSSR count). The minimum atomic E-state index is -4.40. The van der Waals surface area contributed by atoms with Gasteiger partial charge in [-0.25, -0.2) is 4.98 Å². The van der Waals surface area contributed by atoms with Crippen LogP contribution in [0.4, 0.5) is 18.9 Å². The molecule has 4 heterocycles. The van der Waals surface area contributed by atoms with Gasteiger partial charge in [-0.3, -0.25) is 9.78 Å². The molecule has 0 aromatic carbocycles. The minimum absolute atomic E-state index is 0.383. The first-order valence-corrected chi connectivity index (χ1v) is 9.11. The van der Waals surface area contributed by atoms with Crippen molar-refractivity contribution in [3.05, 3.63) is 30.7 Å². The van der Waals surface area contributed by atoms with E-state index >= 15 is 0 Å². The van der Waals surface area contributed by atoms with Crippen LogP contribution in [-0.2, 0) is 4.79 Å². The molecule has 148 valence electrons. The number of nitrogens with zero attached hydrogens (tertiary/aromatic N) is 4. The second kappa shape index (κ2) is 6.96. The number of carbonyl (C=O) groups excluding carboxylic acids is 1. The van der Waals surface area contributed by atoms with Gasteiger partial charge < -0.3 is 14.8 Å². The van der Waals surface area contributed by atoms with Gasteiger partial charge in [0.15, 0.2) is 0 Å². The first-order chi connectivity index (χ1) is 13.3. The maximum Gasteiger partial charge on any atom is 0.406 e. The number of fused-ring (bicyclic) bond motifs is 3. The lowest BCUT2D eigenvalue weighted by Gasteiger charge is -2.36. The average molecular weight is 391 g/mol. The van der Waals surface area contributed by atoms with Gasteiger partial charge in [0, 0.05) is 49.0 Å². The van der Waals surface area contributed by atoms with Crippen LogP contribution in [-0.4, -0.2) is 58.6 Å². The van der Waals surface area contributed by atoms with Gasteiger partial charge in [0.2, 0.25) is 5.91 Å². The summed E-state index contributed by atoms with van der Waals surface area (Å²) in [7, 11) is 1.21. The molecule has 3 aromatic heterocycles. The van der Waals surface area contributed by atoms with Gasteiger partial charge in [-0.1, -0.05) is 0 Å². The van der Waals surface area contributed by atoms with Crippen molar-refractivity contribution in [1.82, 2.24) is 19.9 Å². The van der Waals surface area contributed by atoms with Gasteiger partial charge in [0.05, 0.1) is 17.6 Å². The van der Waals surface area contributed by atoms with E-state index in [1.54, 1.807) is 12.4 Å². The zero-order valence-corrected chi connectivity index (χ0v) is 15.3. The van der Waals surface area contributed by atoms with Gasteiger partial charge in [-0.2, -0.15) is 13.2 Å². The lowest BCUT2D eigenvalue weighted by molar-refractivity contribution is -0.161. The highest BCUT2D eigenvalue weighted by molar-refractivity contribution is 6.10. The highest BCUT2D eigenvalue weighted by Crippen LogP contribution is 2.33. The second-order valence-electron chi connectivity index (χ2n) is 7.18. The number of H-pyrrole nitrogens is 1. The normalized spacial score (nSPS) is 18.0. The van der Waals surface area contributed by atoms with Crippen molar-refractivity contribution in [3.8, 4) is 0 Å². The average Bonchev–Trinajstić information content (AvgIpc) is 3.14. The van der Waals surface area contributed by atoms with Gasteiger partial charge in [-0.05, 0) is 25.0 Å². The lowest BCUT2D eigenvalue weighted by atomic mass is 9.95. The van der Waals surface area contributed by atoms with E-state index in [0.717, 1.165) is 45.5 Å². The Balaban J connectivity index is 1.63. The highest BCUT2D eigenvalue weighted by Gasteiger charge is 2.35. The van der Waals surface area contributed by atoms with E-state index in [2.05, 4.69) is 19.9 Å². The van der Waals surface area contributed by atoms with E-state index in [1.165, 1.54) is 7.05 Å². The Kier molecular flexibility index (Phi) is 4.60. The number of nitrogens with one attached hydrogen (secondary N) is 1. The Bertz CT molecular complexity index is 1020. The van der Waals surface area contributed by atoms with E-state index in [4.69, 9.17) is 0 Å². The van der Waals surface area contributed by atoms with Crippen molar-refractivity contribution in [2.75, 3.05) is 31.6 Å². The summed E-state index contributed by atoms with van der Waals surface area (Å²) in [5.74, 6) is -0.929. The SMILES string of the molecule is CN(CC(F)(F)F)C(=O)C1CCCN(c2ccnc3cnc4[nH]ccc4c23)C1. The van der Waals surface area contributed by atoms with Crippen LogP contribution in [0.1, 0.15) is 12.8 Å². The first-order valence-electron chi connectivity index (χ1n) is 9.11. The number of aromatic amines is 1. The van der Waals surface area contributed by atoms with E-state index in [0.29, 0.717) is 13.0 Å². The molecule has 6 nitrogen and oxygen atoms in total. The van der Waals surface area contributed by atoms with Crippen molar-refractivity contribution < 1.29 is 18.0 Å². The third-order valence-corrected chi connectivity index (χ3v) is 5.17. The summed E-state index contributed by atoms with van der Waals surface area (Å²) in [5, 5.41) is 1.87. The van der Waals surface area contributed by atoms with E-state index in [-0.39, 0.29) is 0 Å². The fourth-order valence-corrected chi connectivity index (χ4v) is 3.96. The molecule has 9 heteroatoms. The molecule has 1 N–H and O–H groups in total. The van der Waals surface area contributed by atoms with Crippen molar-refractivity contribution >= 4 is 33.5 Å². The summed E-state index contributed by atoms with van der Waals surface area (Å²) in [6.45, 7) is -0.106. The number of aromatic nitrogens is 3. The number of amides is 1. The molecule has 1 fully saturated rings. The van der Waals surface area contributed by atoms with Gasteiger partial charge in [0.25, 0.3) is 0 Å². The Morgan fingerprint density at radius 1 is 1.36 bits per heavy atom. The zero-order chi connectivity index (χ0) is 19.9. The Hall–Kier alpha value is -2.84. The largest absolute Gasteiger partial charge is 0.406 e. The predicted octanol–water partition coefficient (Wildman–Crippen LogP) is 3.35. The molecule has 28 heavy (non-hydrogen) atoms. The predicted molar refractivity (Wildman–Crippen MR) is 100 cm³/mol. The molecule has 1 saturated heterocycles. The molecular formula is C19H20F3N5O. The summed E-state index contributed by atoms with van der Waals surface area (Å²) in [6, 6.07) is 3.82. The molecule has 3 aromatic rings. The van der Waals surface area contributed by atoms with E-state index in [9.17, 15) is 18.0 Å². The smallest absolute Gasteiger partial charge is 0.370 e. The van der Waals surface area contributed by atoms with Crippen LogP contribution < -0.4 is 4.90 Å². The molecule has 1 amide bonds. The van der Waals surface area contributed by atoms with Crippen molar-refractivity contribution in [3.63, 3.8) is 0 Å². The molecule has 0 saturated carbocycles. The number of rotatable bonds is 3. The zero-order valence-electron chi connectivity index (χ0n) is 15.3. The fraction of sp³-hybridized carbons (Fsp3) is 0.421. The van der Waals surface area contributed by atoms with E-state index < -0.39 is 24.5 Å². The van der Waals surface area contributed by atoms with Gasteiger partial charge in [-0.15, -0.1) is 0 Å². The standard InChI is InChI=1S/C19H20F3N5O/c1-26(11-19(20,21)22)18(28)12-3-2-8-27(10-12)15-5-7-23-14-9-25-17-13(16(14)15)4-6-24-17/h4-7,9,12H,2-3,8,10-11H2,1H3,(H,24,25). The van der Waals surface area contributed by atoms with E-state index in [1.807, 2.05) is 18.3 Å². The number of piperidine rings is 1. The Morgan fingerprint density at radius 3 is 2.96 bits per heavy atom. The maximum atomic E-state index is 12.6. The highest BCUT2D eigenvalue weighted by atomic mass is 19.4. The quantitative estimate of drug-likeness (QED) is 0.744. The van der Waals surface area contributed by atoms with Crippen LogP contribution in [0.2, 0.25) is 0 Å². The Labute approximate surface area is 159 Å². The fourth-order valence-electron chi connectivity index (χ4n) is 3.96. The number of alkyl halides is 3. The monoisotopic (exact) mass is 391 g/mol. The van der Waals surface area contributed by atoms with Crippen LogP contribution >= 0.6 is 0 Å². The Morgan fingerprint density at radius 2 is 2.18 bits per heavy atom. The summed E-state index contributed by atoms with van der Waals surface area (Å²) >= 11 is 0. The van der Waals surface area contributed by atoms with Crippen LogP contribution in [0.25, 0.3) is 21.9 Å². The molecule has 1 aliphatic rings. The lowest BCUT2D eigenvalue weighted by Crippen LogP contribution is -2.46. The summed E-state index contributed by atoms with van der Waals surface area (Å²) in [5.41, 5.74) is 2.41. The number of hydrogen-bond acceptors (Lipinski definition) is 4. The molecule has 0 spiro atoms. The number of carbonyl (C=O) groups is 1. The summed E-state index contributed by atoms with van der Waals surface area (Å²) < 4.78 is 37.9. The molecular weight excluding hydrogens is 371 g/mol. The third-order valence-electron chi connectivity index (χ3n) is 5.17. The van der Waals surface area contributed by atoms with Crippen molar-refractivity contribution in [1.29, 1.82) is 0 Å². The topological polar surface area (TPSA) is 65.1 Å². The van der Waals surface area contributed by atoms with Gasteiger partial charge >= 0.3 is 6.18 Å². The summed E-state index contributed by atoms with van der Waals surface area (Å²) in [4.78, 5) is 27.2. The summed E-state index contributed by atoms with van der Waals surface area (Å²) in [6.07, 6.45) is 2.12. The van der Waals surface area contributed by atoms with Gasteiger partial charge in [0.1, 0.15) is 12.2 Å². The number of anilines is 1. The van der Waals surface area contributed by atoms with Crippen LogP contribution in [0, 0.1) is 5.92 Å².